The summed E-state index contributed by atoms with van der Waals surface area (Å²) >= 11 is 0. The molecule has 2 N–H and O–H groups in total. The molecule has 0 aromatic heterocycles. The average molecular weight is 312 g/mol. The Kier molecular flexibility index (Phi) is 6.18. The van der Waals surface area contributed by atoms with E-state index < -0.39 is 12.1 Å². The number of carbonyl (C=O) groups is 3. The van der Waals surface area contributed by atoms with Crippen LogP contribution < -0.4 is 5.32 Å². The summed E-state index contributed by atoms with van der Waals surface area (Å²) in [6.07, 6.45) is 5.29. The van der Waals surface area contributed by atoms with E-state index in [-0.39, 0.29) is 31.5 Å². The van der Waals surface area contributed by atoms with Gasteiger partial charge in [-0.3, -0.25) is 9.59 Å². The second kappa shape index (κ2) is 8.12. The number of ether oxygens (including phenoxy) is 1. The maximum Gasteiger partial charge on any atom is 0.334 e. The summed E-state index contributed by atoms with van der Waals surface area (Å²) < 4.78 is 5.06. The standard InChI is InChI=1S/C15H24N2O5/c18-13(6-5-11-3-1-2-4-11)16-9-14(19)17-7-8-22-12(10-17)15(20)21/h11-12H,1-10H2,(H,16,18)(H,20,21). The number of hydrogen-bond donors (Lipinski definition) is 2. The summed E-state index contributed by atoms with van der Waals surface area (Å²) in [5.74, 6) is -0.790. The Balaban J connectivity index is 1.65. The Labute approximate surface area is 130 Å². The number of morpholine rings is 1. The van der Waals surface area contributed by atoms with Crippen LogP contribution in [0.5, 0.6) is 0 Å². The molecule has 0 aromatic rings. The van der Waals surface area contributed by atoms with Crippen molar-refractivity contribution >= 4 is 17.8 Å². The Morgan fingerprint density at radius 3 is 2.64 bits per heavy atom. The lowest BCUT2D eigenvalue weighted by molar-refractivity contribution is -0.159. The third-order valence-electron chi connectivity index (χ3n) is 4.39. The fraction of sp³-hybridized carbons (Fsp3) is 0.800. The average Bonchev–Trinajstić information content (AvgIpc) is 3.04. The molecule has 2 rings (SSSR count). The van der Waals surface area contributed by atoms with Gasteiger partial charge in [0.2, 0.25) is 11.8 Å². The molecule has 1 aliphatic heterocycles. The minimum Gasteiger partial charge on any atom is -0.479 e. The molecule has 1 saturated carbocycles. The van der Waals surface area contributed by atoms with E-state index in [1.54, 1.807) is 0 Å². The van der Waals surface area contributed by atoms with Crippen LogP contribution in [-0.4, -0.2) is 60.1 Å². The molecule has 1 unspecified atom stereocenters. The third kappa shape index (κ3) is 4.98. The van der Waals surface area contributed by atoms with Gasteiger partial charge in [0.05, 0.1) is 19.7 Å². The minimum absolute atomic E-state index is 0.0338. The van der Waals surface area contributed by atoms with Crippen LogP contribution in [0.1, 0.15) is 38.5 Å². The normalized spacial score (nSPS) is 22.5. The Morgan fingerprint density at radius 1 is 1.23 bits per heavy atom. The minimum atomic E-state index is -1.07. The first-order chi connectivity index (χ1) is 10.6. The van der Waals surface area contributed by atoms with Gasteiger partial charge in [-0.15, -0.1) is 0 Å². The van der Waals surface area contributed by atoms with Crippen molar-refractivity contribution in [3.63, 3.8) is 0 Å². The van der Waals surface area contributed by atoms with Crippen molar-refractivity contribution in [1.82, 2.24) is 10.2 Å². The van der Waals surface area contributed by atoms with Crippen molar-refractivity contribution < 1.29 is 24.2 Å². The van der Waals surface area contributed by atoms with E-state index in [0.717, 1.165) is 6.42 Å². The van der Waals surface area contributed by atoms with E-state index in [9.17, 15) is 14.4 Å². The van der Waals surface area contributed by atoms with Crippen molar-refractivity contribution in [3.05, 3.63) is 0 Å². The number of rotatable bonds is 6. The second-order valence-corrected chi connectivity index (χ2v) is 6.00. The molecule has 7 nitrogen and oxygen atoms in total. The summed E-state index contributed by atoms with van der Waals surface area (Å²) in [6, 6.07) is 0. The molecule has 1 heterocycles. The number of amides is 2. The van der Waals surface area contributed by atoms with Crippen LogP contribution >= 0.6 is 0 Å². The highest BCUT2D eigenvalue weighted by Crippen LogP contribution is 2.28. The molecule has 124 valence electrons. The van der Waals surface area contributed by atoms with E-state index >= 15 is 0 Å². The summed E-state index contributed by atoms with van der Waals surface area (Å²) in [4.78, 5) is 36.0. The molecule has 2 amide bonds. The molecular weight excluding hydrogens is 288 g/mol. The topological polar surface area (TPSA) is 95.9 Å². The molecule has 2 fully saturated rings. The van der Waals surface area contributed by atoms with Gasteiger partial charge in [-0.05, 0) is 12.3 Å². The monoisotopic (exact) mass is 312 g/mol. The van der Waals surface area contributed by atoms with Gasteiger partial charge >= 0.3 is 5.97 Å². The number of carbonyl (C=O) groups excluding carboxylic acids is 2. The Bertz CT molecular complexity index is 420. The van der Waals surface area contributed by atoms with Crippen LogP contribution in [0, 0.1) is 5.92 Å². The summed E-state index contributed by atoms with van der Waals surface area (Å²) in [5, 5.41) is 11.5. The van der Waals surface area contributed by atoms with Gasteiger partial charge in [0.1, 0.15) is 0 Å². The summed E-state index contributed by atoms with van der Waals surface area (Å²) in [6.45, 7) is 0.529. The van der Waals surface area contributed by atoms with Gasteiger partial charge < -0.3 is 20.1 Å². The summed E-state index contributed by atoms with van der Waals surface area (Å²) in [5.41, 5.74) is 0. The molecule has 22 heavy (non-hydrogen) atoms. The smallest absolute Gasteiger partial charge is 0.334 e. The van der Waals surface area contributed by atoms with E-state index in [1.807, 2.05) is 0 Å². The SMILES string of the molecule is O=C(CCC1CCCC1)NCC(=O)N1CCOC(C(=O)O)C1. The van der Waals surface area contributed by atoms with Crippen LogP contribution in [0.4, 0.5) is 0 Å². The zero-order valence-corrected chi connectivity index (χ0v) is 12.8. The number of aliphatic carboxylic acids is 1. The van der Waals surface area contributed by atoms with E-state index in [2.05, 4.69) is 5.32 Å². The second-order valence-electron chi connectivity index (χ2n) is 6.00. The fourth-order valence-corrected chi connectivity index (χ4v) is 3.03. The predicted octanol–water partition coefficient (Wildman–Crippen LogP) is 0.385. The fourth-order valence-electron chi connectivity index (χ4n) is 3.03. The molecule has 1 aliphatic carbocycles. The molecular formula is C15H24N2O5. The van der Waals surface area contributed by atoms with E-state index in [1.165, 1.54) is 30.6 Å². The van der Waals surface area contributed by atoms with Crippen LogP contribution in [0.3, 0.4) is 0 Å². The zero-order chi connectivity index (χ0) is 15.9. The Hall–Kier alpha value is -1.63. The van der Waals surface area contributed by atoms with E-state index in [0.29, 0.717) is 18.9 Å². The first-order valence-corrected chi connectivity index (χ1v) is 7.95. The molecule has 7 heteroatoms. The maximum atomic E-state index is 12.0. The molecule has 0 aromatic carbocycles. The number of carboxylic acids is 1. The van der Waals surface area contributed by atoms with Crippen molar-refractivity contribution in [2.45, 2.75) is 44.6 Å². The molecule has 1 atom stereocenters. The van der Waals surface area contributed by atoms with Gasteiger partial charge in [-0.2, -0.15) is 0 Å². The lowest BCUT2D eigenvalue weighted by atomic mass is 10.0. The largest absolute Gasteiger partial charge is 0.479 e. The first kappa shape index (κ1) is 16.7. The third-order valence-corrected chi connectivity index (χ3v) is 4.39. The van der Waals surface area contributed by atoms with Crippen LogP contribution in [-0.2, 0) is 19.1 Å². The molecule has 2 aliphatic rings. The van der Waals surface area contributed by atoms with Crippen molar-refractivity contribution in [1.29, 1.82) is 0 Å². The number of nitrogens with one attached hydrogen (secondary N) is 1. The predicted molar refractivity (Wildman–Crippen MR) is 78.2 cm³/mol. The number of carboxylic acid groups (broad SMARTS) is 1. The Morgan fingerprint density at radius 2 is 1.95 bits per heavy atom. The van der Waals surface area contributed by atoms with Crippen LogP contribution in [0.15, 0.2) is 0 Å². The quantitative estimate of drug-likeness (QED) is 0.739. The number of nitrogens with zero attached hydrogens (tertiary/aromatic N) is 1. The van der Waals surface area contributed by atoms with Crippen LogP contribution in [0.2, 0.25) is 0 Å². The van der Waals surface area contributed by atoms with Gasteiger partial charge in [0, 0.05) is 13.0 Å². The highest BCUT2D eigenvalue weighted by atomic mass is 16.5. The van der Waals surface area contributed by atoms with Crippen molar-refractivity contribution in [2.75, 3.05) is 26.2 Å². The molecule has 0 spiro atoms. The van der Waals surface area contributed by atoms with Crippen molar-refractivity contribution in [2.24, 2.45) is 5.92 Å². The van der Waals surface area contributed by atoms with Gasteiger partial charge in [-0.1, -0.05) is 25.7 Å². The van der Waals surface area contributed by atoms with Gasteiger partial charge in [0.25, 0.3) is 0 Å². The van der Waals surface area contributed by atoms with Gasteiger partial charge in [0.15, 0.2) is 6.10 Å². The van der Waals surface area contributed by atoms with Gasteiger partial charge in [-0.25, -0.2) is 4.79 Å². The number of hydrogen-bond acceptors (Lipinski definition) is 4. The van der Waals surface area contributed by atoms with E-state index in [4.69, 9.17) is 9.84 Å². The summed E-state index contributed by atoms with van der Waals surface area (Å²) in [7, 11) is 0. The highest BCUT2D eigenvalue weighted by Gasteiger charge is 2.28. The molecule has 0 radical (unpaired) electrons. The zero-order valence-electron chi connectivity index (χ0n) is 12.8. The van der Waals surface area contributed by atoms with Crippen LogP contribution in [0.25, 0.3) is 0 Å². The lowest BCUT2D eigenvalue weighted by Crippen LogP contribution is -2.51. The van der Waals surface area contributed by atoms with Crippen molar-refractivity contribution in [3.8, 4) is 0 Å². The lowest BCUT2D eigenvalue weighted by Gasteiger charge is -2.30. The molecule has 0 bridgehead atoms. The molecule has 1 saturated heterocycles. The maximum absolute atomic E-state index is 12.0. The highest BCUT2D eigenvalue weighted by molar-refractivity contribution is 5.85. The first-order valence-electron chi connectivity index (χ1n) is 7.95.